The maximum atomic E-state index is 11.4. The van der Waals surface area contributed by atoms with E-state index in [1.807, 2.05) is 13.8 Å². The van der Waals surface area contributed by atoms with E-state index in [0.29, 0.717) is 18.5 Å². The van der Waals surface area contributed by atoms with Gasteiger partial charge in [0.05, 0.1) is 13.1 Å². The number of hydrogen-bond acceptors (Lipinski definition) is 6. The molecule has 0 unspecified atom stereocenters. The first kappa shape index (κ1) is 12.8. The van der Waals surface area contributed by atoms with Crippen molar-refractivity contribution in [2.45, 2.75) is 45.3 Å². The zero-order valence-electron chi connectivity index (χ0n) is 10.7. The number of aromatic nitrogens is 2. The third-order valence-electron chi connectivity index (χ3n) is 2.44. The van der Waals surface area contributed by atoms with Crippen LogP contribution in [0.4, 0.5) is 6.01 Å². The highest BCUT2D eigenvalue weighted by atomic mass is 16.4. The lowest BCUT2D eigenvalue weighted by Crippen LogP contribution is -2.34. The summed E-state index contributed by atoms with van der Waals surface area (Å²) >= 11 is 0. The van der Waals surface area contributed by atoms with Crippen molar-refractivity contribution in [2.24, 2.45) is 0 Å². The van der Waals surface area contributed by atoms with Gasteiger partial charge in [-0.15, -0.1) is 5.10 Å². The van der Waals surface area contributed by atoms with Crippen LogP contribution in [0.2, 0.25) is 0 Å². The normalized spacial score (nSPS) is 14.8. The van der Waals surface area contributed by atoms with E-state index in [1.165, 1.54) is 12.8 Å². The van der Waals surface area contributed by atoms with Crippen LogP contribution in [0.25, 0.3) is 0 Å². The predicted molar refractivity (Wildman–Crippen MR) is 65.9 cm³/mol. The first-order chi connectivity index (χ1) is 8.63. The maximum absolute atomic E-state index is 11.4. The Balaban J connectivity index is 1.70. The molecular weight excluding hydrogens is 234 g/mol. The fraction of sp³-hybridized carbons (Fsp3) is 0.727. The SMILES string of the molecule is CC(C)NC(=O)CNc1nnc(CNC2CC2)o1. The van der Waals surface area contributed by atoms with Gasteiger partial charge in [-0.05, 0) is 26.7 Å². The maximum Gasteiger partial charge on any atom is 0.315 e. The summed E-state index contributed by atoms with van der Waals surface area (Å²) in [6.45, 7) is 4.53. The van der Waals surface area contributed by atoms with E-state index in [4.69, 9.17) is 4.42 Å². The second-order valence-electron chi connectivity index (χ2n) is 4.73. The van der Waals surface area contributed by atoms with Crippen LogP contribution in [0.15, 0.2) is 4.42 Å². The number of rotatable bonds is 7. The zero-order chi connectivity index (χ0) is 13.0. The van der Waals surface area contributed by atoms with Crippen LogP contribution in [0.1, 0.15) is 32.6 Å². The van der Waals surface area contributed by atoms with E-state index < -0.39 is 0 Å². The van der Waals surface area contributed by atoms with Gasteiger partial charge in [-0.1, -0.05) is 5.10 Å². The zero-order valence-corrected chi connectivity index (χ0v) is 10.7. The largest absolute Gasteiger partial charge is 0.407 e. The lowest BCUT2D eigenvalue weighted by atomic mass is 10.4. The first-order valence-corrected chi connectivity index (χ1v) is 6.22. The number of anilines is 1. The molecule has 1 aromatic rings. The molecule has 3 N–H and O–H groups in total. The Bertz CT molecular complexity index is 400. The van der Waals surface area contributed by atoms with Gasteiger partial charge in [0.1, 0.15) is 0 Å². The quantitative estimate of drug-likeness (QED) is 0.645. The van der Waals surface area contributed by atoms with Gasteiger partial charge in [-0.2, -0.15) is 0 Å². The van der Waals surface area contributed by atoms with Gasteiger partial charge in [0.25, 0.3) is 0 Å². The Hall–Kier alpha value is -1.63. The summed E-state index contributed by atoms with van der Waals surface area (Å²) in [6, 6.07) is 1.01. The summed E-state index contributed by atoms with van der Waals surface area (Å²) in [4.78, 5) is 11.4. The van der Waals surface area contributed by atoms with Crippen LogP contribution in [-0.4, -0.2) is 34.7 Å². The highest BCUT2D eigenvalue weighted by Crippen LogP contribution is 2.19. The Morgan fingerprint density at radius 1 is 1.44 bits per heavy atom. The van der Waals surface area contributed by atoms with Crippen molar-refractivity contribution >= 4 is 11.9 Å². The minimum Gasteiger partial charge on any atom is -0.407 e. The van der Waals surface area contributed by atoms with E-state index in [9.17, 15) is 4.79 Å². The van der Waals surface area contributed by atoms with Crippen molar-refractivity contribution in [1.29, 1.82) is 0 Å². The molecule has 1 amide bonds. The van der Waals surface area contributed by atoms with Crippen LogP contribution >= 0.6 is 0 Å². The van der Waals surface area contributed by atoms with Crippen molar-refractivity contribution in [2.75, 3.05) is 11.9 Å². The molecule has 0 aromatic carbocycles. The number of nitrogens with zero attached hydrogens (tertiary/aromatic N) is 2. The van der Waals surface area contributed by atoms with Gasteiger partial charge in [-0.25, -0.2) is 0 Å². The molecule has 1 aliphatic carbocycles. The standard InChI is InChI=1S/C11H19N5O2/c1-7(2)14-9(17)5-13-11-16-15-10(18-11)6-12-8-3-4-8/h7-8,12H,3-6H2,1-2H3,(H,13,16)(H,14,17). The van der Waals surface area contributed by atoms with Crippen LogP contribution in [0.5, 0.6) is 0 Å². The molecule has 0 saturated heterocycles. The van der Waals surface area contributed by atoms with Crippen LogP contribution < -0.4 is 16.0 Å². The average Bonchev–Trinajstić information content (AvgIpc) is 3.02. The van der Waals surface area contributed by atoms with E-state index in [0.717, 1.165) is 0 Å². The molecular formula is C11H19N5O2. The Kier molecular flexibility index (Phi) is 4.14. The van der Waals surface area contributed by atoms with E-state index in [-0.39, 0.29) is 24.5 Å². The van der Waals surface area contributed by atoms with Gasteiger partial charge >= 0.3 is 6.01 Å². The molecule has 0 aliphatic heterocycles. The van der Waals surface area contributed by atoms with Crippen molar-refractivity contribution < 1.29 is 9.21 Å². The summed E-state index contributed by atoms with van der Waals surface area (Å²) in [5.41, 5.74) is 0. The molecule has 0 radical (unpaired) electrons. The Morgan fingerprint density at radius 2 is 2.22 bits per heavy atom. The molecule has 1 heterocycles. The summed E-state index contributed by atoms with van der Waals surface area (Å²) in [6.07, 6.45) is 2.43. The van der Waals surface area contributed by atoms with E-state index in [2.05, 4.69) is 26.1 Å². The summed E-state index contributed by atoms with van der Waals surface area (Å²) in [5.74, 6) is 0.439. The molecule has 7 nitrogen and oxygen atoms in total. The van der Waals surface area contributed by atoms with Crippen molar-refractivity contribution in [3.05, 3.63) is 5.89 Å². The van der Waals surface area contributed by atoms with E-state index in [1.54, 1.807) is 0 Å². The smallest absolute Gasteiger partial charge is 0.315 e. The molecule has 0 spiro atoms. The third-order valence-corrected chi connectivity index (χ3v) is 2.44. The summed E-state index contributed by atoms with van der Waals surface area (Å²) < 4.78 is 5.34. The molecule has 1 saturated carbocycles. The number of amides is 1. The molecule has 7 heteroatoms. The first-order valence-electron chi connectivity index (χ1n) is 6.22. The number of carbonyl (C=O) groups excluding carboxylic acids is 1. The lowest BCUT2D eigenvalue weighted by Gasteiger charge is -2.07. The van der Waals surface area contributed by atoms with Gasteiger partial charge in [0, 0.05) is 12.1 Å². The van der Waals surface area contributed by atoms with Gasteiger partial charge in [0.15, 0.2) is 0 Å². The average molecular weight is 253 g/mol. The molecule has 2 rings (SSSR count). The fourth-order valence-corrected chi connectivity index (χ4v) is 1.44. The predicted octanol–water partition coefficient (Wildman–Crippen LogP) is 0.258. The Labute approximate surface area is 106 Å². The second kappa shape index (κ2) is 5.81. The molecule has 1 aliphatic rings. The highest BCUT2D eigenvalue weighted by molar-refractivity contribution is 5.80. The van der Waals surface area contributed by atoms with Gasteiger partial charge in [0.2, 0.25) is 11.8 Å². The van der Waals surface area contributed by atoms with Crippen molar-refractivity contribution in [1.82, 2.24) is 20.8 Å². The highest BCUT2D eigenvalue weighted by Gasteiger charge is 2.21. The van der Waals surface area contributed by atoms with Crippen LogP contribution in [0.3, 0.4) is 0 Å². The molecule has 1 fully saturated rings. The minimum absolute atomic E-state index is 0.0964. The van der Waals surface area contributed by atoms with Crippen molar-refractivity contribution in [3.63, 3.8) is 0 Å². The second-order valence-corrected chi connectivity index (χ2v) is 4.73. The Morgan fingerprint density at radius 3 is 2.89 bits per heavy atom. The summed E-state index contributed by atoms with van der Waals surface area (Å²) in [5, 5.41) is 16.5. The van der Waals surface area contributed by atoms with E-state index >= 15 is 0 Å². The third kappa shape index (κ3) is 4.33. The lowest BCUT2D eigenvalue weighted by molar-refractivity contribution is -0.119. The molecule has 100 valence electrons. The van der Waals surface area contributed by atoms with Crippen LogP contribution in [-0.2, 0) is 11.3 Å². The van der Waals surface area contributed by atoms with Gasteiger partial charge in [-0.3, -0.25) is 4.79 Å². The molecule has 1 aromatic heterocycles. The monoisotopic (exact) mass is 253 g/mol. The molecule has 0 atom stereocenters. The summed E-state index contributed by atoms with van der Waals surface area (Å²) in [7, 11) is 0. The topological polar surface area (TPSA) is 92.1 Å². The molecule has 0 bridgehead atoms. The number of nitrogens with one attached hydrogen (secondary N) is 3. The molecule has 18 heavy (non-hydrogen) atoms. The van der Waals surface area contributed by atoms with Crippen LogP contribution in [0, 0.1) is 0 Å². The number of hydrogen-bond donors (Lipinski definition) is 3. The van der Waals surface area contributed by atoms with Crippen molar-refractivity contribution in [3.8, 4) is 0 Å². The minimum atomic E-state index is -0.0964. The van der Waals surface area contributed by atoms with Gasteiger partial charge < -0.3 is 20.4 Å². The number of carbonyl (C=O) groups is 1. The fourth-order valence-electron chi connectivity index (χ4n) is 1.44.